The number of ether oxygens (including phenoxy) is 1. The van der Waals surface area contributed by atoms with E-state index < -0.39 is 5.97 Å². The van der Waals surface area contributed by atoms with Gasteiger partial charge >= 0.3 is 5.97 Å². The SMILES string of the molecule is CCOC(=O)Cn1c(=NC(=O)Cc2ccc(CC)cc2)sc2cc(F)ccc21. The molecule has 0 N–H and O–H groups in total. The highest BCUT2D eigenvalue weighted by Crippen LogP contribution is 2.19. The number of halogens is 1. The molecule has 0 spiro atoms. The molecule has 0 fully saturated rings. The van der Waals surface area contributed by atoms with E-state index in [9.17, 15) is 14.0 Å². The van der Waals surface area contributed by atoms with E-state index in [2.05, 4.69) is 11.9 Å². The van der Waals surface area contributed by atoms with Crippen LogP contribution in [0.15, 0.2) is 47.5 Å². The van der Waals surface area contributed by atoms with Crippen molar-refractivity contribution in [2.24, 2.45) is 4.99 Å². The van der Waals surface area contributed by atoms with Crippen LogP contribution in [0.1, 0.15) is 25.0 Å². The molecule has 5 nitrogen and oxygen atoms in total. The number of rotatable bonds is 6. The van der Waals surface area contributed by atoms with Gasteiger partial charge in [0, 0.05) is 0 Å². The van der Waals surface area contributed by atoms with Gasteiger partial charge in [0.15, 0.2) is 4.80 Å². The molecule has 0 atom stereocenters. The zero-order chi connectivity index (χ0) is 20.1. The number of nitrogens with zero attached hydrogens (tertiary/aromatic N) is 2. The molecule has 0 saturated heterocycles. The molecular weight excluding hydrogens is 379 g/mol. The average Bonchev–Trinajstić information content (AvgIpc) is 2.98. The second kappa shape index (κ2) is 8.93. The number of carbonyl (C=O) groups is 2. The van der Waals surface area contributed by atoms with Crippen molar-refractivity contribution in [3.05, 3.63) is 64.2 Å². The quantitative estimate of drug-likeness (QED) is 0.594. The first-order valence-electron chi connectivity index (χ1n) is 9.10. The zero-order valence-corrected chi connectivity index (χ0v) is 16.6. The maximum atomic E-state index is 13.6. The highest BCUT2D eigenvalue weighted by Gasteiger charge is 2.13. The number of hydrogen-bond donors (Lipinski definition) is 0. The summed E-state index contributed by atoms with van der Waals surface area (Å²) in [7, 11) is 0. The molecule has 28 heavy (non-hydrogen) atoms. The lowest BCUT2D eigenvalue weighted by Crippen LogP contribution is -2.23. The molecule has 1 heterocycles. The van der Waals surface area contributed by atoms with Crippen molar-refractivity contribution in [1.82, 2.24) is 4.57 Å². The van der Waals surface area contributed by atoms with Gasteiger partial charge in [-0.25, -0.2) is 4.39 Å². The fourth-order valence-corrected chi connectivity index (χ4v) is 3.91. The van der Waals surface area contributed by atoms with Gasteiger partial charge in [0.2, 0.25) is 0 Å². The third-order valence-electron chi connectivity index (χ3n) is 4.24. The maximum absolute atomic E-state index is 13.6. The van der Waals surface area contributed by atoms with Crippen LogP contribution in [0.3, 0.4) is 0 Å². The number of esters is 1. The molecule has 7 heteroatoms. The number of carbonyl (C=O) groups excluding carboxylic acids is 2. The second-order valence-corrected chi connectivity index (χ2v) is 7.25. The summed E-state index contributed by atoms with van der Waals surface area (Å²) in [6, 6.07) is 12.1. The summed E-state index contributed by atoms with van der Waals surface area (Å²) in [5.74, 6) is -1.14. The van der Waals surface area contributed by atoms with Crippen molar-refractivity contribution < 1.29 is 18.7 Å². The molecule has 1 aromatic heterocycles. The third kappa shape index (κ3) is 4.72. The molecule has 0 aliphatic rings. The van der Waals surface area contributed by atoms with Crippen LogP contribution >= 0.6 is 11.3 Å². The van der Waals surface area contributed by atoms with Crippen LogP contribution in [-0.2, 0) is 33.7 Å². The molecule has 0 saturated carbocycles. The summed E-state index contributed by atoms with van der Waals surface area (Å²) in [4.78, 5) is 29.0. The average molecular weight is 400 g/mol. The molecular formula is C21H21FN2O3S. The van der Waals surface area contributed by atoms with E-state index in [0.29, 0.717) is 15.0 Å². The Kier molecular flexibility index (Phi) is 6.36. The van der Waals surface area contributed by atoms with E-state index in [1.165, 1.54) is 29.0 Å². The number of hydrogen-bond acceptors (Lipinski definition) is 4. The Morgan fingerprint density at radius 1 is 1.11 bits per heavy atom. The van der Waals surface area contributed by atoms with Crippen LogP contribution in [0, 0.1) is 5.82 Å². The van der Waals surface area contributed by atoms with Crippen LogP contribution in [-0.4, -0.2) is 23.1 Å². The Hall–Kier alpha value is -2.80. The minimum atomic E-state index is -0.435. The van der Waals surface area contributed by atoms with Crippen LogP contribution in [0.4, 0.5) is 4.39 Å². The van der Waals surface area contributed by atoms with Gasteiger partial charge in [-0.2, -0.15) is 4.99 Å². The van der Waals surface area contributed by atoms with Gasteiger partial charge in [0.05, 0.1) is 23.2 Å². The lowest BCUT2D eigenvalue weighted by Gasteiger charge is -2.05. The molecule has 0 radical (unpaired) electrons. The summed E-state index contributed by atoms with van der Waals surface area (Å²) in [5, 5.41) is 0. The van der Waals surface area contributed by atoms with Gasteiger partial charge in [-0.15, -0.1) is 0 Å². The van der Waals surface area contributed by atoms with E-state index in [0.717, 1.165) is 12.0 Å². The summed E-state index contributed by atoms with van der Waals surface area (Å²) < 4.78 is 20.8. The Labute approximate surface area is 166 Å². The van der Waals surface area contributed by atoms with Crippen molar-refractivity contribution in [3.63, 3.8) is 0 Å². The Morgan fingerprint density at radius 2 is 1.82 bits per heavy atom. The standard InChI is InChI=1S/C21H21FN2O3S/c1-3-14-5-7-15(8-6-14)11-19(25)23-21-24(13-20(26)27-4-2)17-10-9-16(22)12-18(17)28-21/h5-10,12H,3-4,11,13H2,1-2H3. The fraction of sp³-hybridized carbons (Fsp3) is 0.286. The van der Waals surface area contributed by atoms with E-state index in [1.54, 1.807) is 17.6 Å². The lowest BCUT2D eigenvalue weighted by atomic mass is 10.1. The normalized spacial score (nSPS) is 11.8. The number of amides is 1. The van der Waals surface area contributed by atoms with Crippen LogP contribution in [0.5, 0.6) is 0 Å². The lowest BCUT2D eigenvalue weighted by molar-refractivity contribution is -0.143. The monoisotopic (exact) mass is 400 g/mol. The third-order valence-corrected chi connectivity index (χ3v) is 5.29. The Bertz CT molecular complexity index is 1070. The van der Waals surface area contributed by atoms with Crippen molar-refractivity contribution >= 4 is 33.4 Å². The smallest absolute Gasteiger partial charge is 0.326 e. The number of fused-ring (bicyclic) bond motifs is 1. The topological polar surface area (TPSA) is 60.7 Å². The summed E-state index contributed by atoms with van der Waals surface area (Å²) in [6.45, 7) is 3.97. The van der Waals surface area contributed by atoms with Gasteiger partial charge in [-0.05, 0) is 42.7 Å². The largest absolute Gasteiger partial charge is 0.465 e. The van der Waals surface area contributed by atoms with Gasteiger partial charge in [-0.3, -0.25) is 9.59 Å². The van der Waals surface area contributed by atoms with Crippen molar-refractivity contribution in [1.29, 1.82) is 0 Å². The van der Waals surface area contributed by atoms with E-state index >= 15 is 0 Å². The predicted molar refractivity (Wildman–Crippen MR) is 107 cm³/mol. The number of benzene rings is 2. The second-order valence-electron chi connectivity index (χ2n) is 6.24. The van der Waals surface area contributed by atoms with Gasteiger partial charge < -0.3 is 9.30 Å². The van der Waals surface area contributed by atoms with Gasteiger partial charge in [0.1, 0.15) is 12.4 Å². The number of aryl methyl sites for hydroxylation is 1. The summed E-state index contributed by atoms with van der Waals surface area (Å²) in [5.41, 5.74) is 2.71. The van der Waals surface area contributed by atoms with Crippen LogP contribution in [0.2, 0.25) is 0 Å². The molecule has 3 aromatic rings. The first-order valence-corrected chi connectivity index (χ1v) is 9.91. The number of aromatic nitrogens is 1. The molecule has 3 rings (SSSR count). The molecule has 1 amide bonds. The summed E-state index contributed by atoms with van der Waals surface area (Å²) >= 11 is 1.17. The molecule has 146 valence electrons. The molecule has 0 bridgehead atoms. The van der Waals surface area contributed by atoms with E-state index in [4.69, 9.17) is 4.74 Å². The highest BCUT2D eigenvalue weighted by molar-refractivity contribution is 7.16. The van der Waals surface area contributed by atoms with Gasteiger partial charge in [0.25, 0.3) is 5.91 Å². The Morgan fingerprint density at radius 3 is 2.50 bits per heavy atom. The van der Waals surface area contributed by atoms with Crippen LogP contribution < -0.4 is 4.80 Å². The molecule has 0 aliphatic heterocycles. The minimum Gasteiger partial charge on any atom is -0.465 e. The van der Waals surface area contributed by atoms with E-state index in [1.807, 2.05) is 24.3 Å². The Balaban J connectivity index is 1.94. The zero-order valence-electron chi connectivity index (χ0n) is 15.8. The molecule has 0 unspecified atom stereocenters. The predicted octanol–water partition coefficient (Wildman–Crippen LogP) is 3.64. The number of thiazole rings is 1. The van der Waals surface area contributed by atoms with Crippen molar-refractivity contribution in [2.45, 2.75) is 33.2 Å². The van der Waals surface area contributed by atoms with Crippen LogP contribution in [0.25, 0.3) is 10.2 Å². The van der Waals surface area contributed by atoms with Crippen molar-refractivity contribution in [2.75, 3.05) is 6.61 Å². The highest BCUT2D eigenvalue weighted by atomic mass is 32.1. The van der Waals surface area contributed by atoms with E-state index in [-0.39, 0.29) is 31.3 Å². The van der Waals surface area contributed by atoms with Crippen molar-refractivity contribution in [3.8, 4) is 0 Å². The first-order chi connectivity index (χ1) is 13.5. The minimum absolute atomic E-state index is 0.0865. The fourth-order valence-electron chi connectivity index (χ4n) is 2.83. The first kappa shape index (κ1) is 19.9. The van der Waals surface area contributed by atoms with Gasteiger partial charge in [-0.1, -0.05) is 42.5 Å². The maximum Gasteiger partial charge on any atom is 0.326 e. The molecule has 0 aliphatic carbocycles. The molecule has 2 aromatic carbocycles. The summed E-state index contributed by atoms with van der Waals surface area (Å²) in [6.07, 6.45) is 1.09.